The molecule has 0 radical (unpaired) electrons. The van der Waals surface area contributed by atoms with Gasteiger partial charge in [0.25, 0.3) is 5.91 Å². The summed E-state index contributed by atoms with van der Waals surface area (Å²) in [6.07, 6.45) is 3.25. The number of rotatable bonds is 1. The molecule has 0 aromatic carbocycles. The van der Waals surface area contributed by atoms with E-state index in [2.05, 4.69) is 27.0 Å². The van der Waals surface area contributed by atoms with E-state index in [1.165, 1.54) is 0 Å². The van der Waals surface area contributed by atoms with E-state index in [0.29, 0.717) is 16.7 Å². The van der Waals surface area contributed by atoms with Crippen molar-refractivity contribution in [3.05, 3.63) is 28.5 Å². The van der Waals surface area contributed by atoms with Crippen LogP contribution in [0.2, 0.25) is 0 Å². The number of likely N-dealkylation sites (tertiary alicyclic amines) is 1. The molecule has 1 aromatic heterocycles. The first-order chi connectivity index (χ1) is 7.72. The van der Waals surface area contributed by atoms with Gasteiger partial charge in [-0.3, -0.25) is 4.79 Å². The van der Waals surface area contributed by atoms with E-state index < -0.39 is 0 Å². The monoisotopic (exact) mass is 279 g/mol. The van der Waals surface area contributed by atoms with Crippen LogP contribution in [0.25, 0.3) is 0 Å². The lowest BCUT2D eigenvalue weighted by Gasteiger charge is -2.19. The number of nitrogens with zero attached hydrogens (tertiary/aromatic N) is 3. The number of halogens is 1. The minimum atomic E-state index is -0.278. The number of nitriles is 1. The van der Waals surface area contributed by atoms with Gasteiger partial charge in [0, 0.05) is 18.3 Å². The van der Waals surface area contributed by atoms with Crippen LogP contribution in [-0.4, -0.2) is 28.4 Å². The molecule has 0 spiro atoms. The number of hydrogen-bond donors (Lipinski definition) is 0. The summed E-state index contributed by atoms with van der Waals surface area (Å²) in [6, 6.07) is 5.22. The number of aromatic nitrogens is 1. The standard InChI is InChI=1S/C11H10BrN3O/c12-10-6-8(3-4-14-10)11(16)15-5-1-2-9(15)7-13/h3-4,6,9H,1-2,5H2. The van der Waals surface area contributed by atoms with Crippen molar-refractivity contribution in [1.82, 2.24) is 9.88 Å². The summed E-state index contributed by atoms with van der Waals surface area (Å²) < 4.78 is 0.631. The number of hydrogen-bond acceptors (Lipinski definition) is 3. The van der Waals surface area contributed by atoms with E-state index in [9.17, 15) is 4.79 Å². The average Bonchev–Trinajstić information content (AvgIpc) is 2.76. The molecular weight excluding hydrogens is 270 g/mol. The van der Waals surface area contributed by atoms with Crippen LogP contribution < -0.4 is 0 Å². The Morgan fingerprint density at radius 1 is 1.69 bits per heavy atom. The molecule has 0 bridgehead atoms. The topological polar surface area (TPSA) is 57.0 Å². The molecule has 82 valence electrons. The van der Waals surface area contributed by atoms with Crippen LogP contribution in [0.15, 0.2) is 22.9 Å². The van der Waals surface area contributed by atoms with Crippen molar-refractivity contribution < 1.29 is 4.79 Å². The van der Waals surface area contributed by atoms with Crippen molar-refractivity contribution in [3.63, 3.8) is 0 Å². The molecule has 2 heterocycles. The Labute approximate surface area is 102 Å². The zero-order valence-corrected chi connectivity index (χ0v) is 10.1. The van der Waals surface area contributed by atoms with Gasteiger partial charge in [0.2, 0.25) is 0 Å². The van der Waals surface area contributed by atoms with Crippen molar-refractivity contribution in [2.45, 2.75) is 18.9 Å². The molecule has 1 fully saturated rings. The Bertz CT molecular complexity index is 455. The third-order valence-electron chi connectivity index (χ3n) is 2.64. The van der Waals surface area contributed by atoms with Crippen molar-refractivity contribution in [1.29, 1.82) is 5.26 Å². The summed E-state index contributed by atoms with van der Waals surface area (Å²) in [5.41, 5.74) is 0.573. The summed E-state index contributed by atoms with van der Waals surface area (Å²) in [7, 11) is 0. The maximum atomic E-state index is 12.1. The van der Waals surface area contributed by atoms with Gasteiger partial charge >= 0.3 is 0 Å². The summed E-state index contributed by atoms with van der Waals surface area (Å²) >= 11 is 3.22. The number of carbonyl (C=O) groups is 1. The van der Waals surface area contributed by atoms with E-state index in [1.807, 2.05) is 0 Å². The second-order valence-corrected chi connectivity index (χ2v) is 4.47. The molecule has 0 aliphatic carbocycles. The zero-order valence-electron chi connectivity index (χ0n) is 8.56. The SMILES string of the molecule is N#CC1CCCN1C(=O)c1ccnc(Br)c1. The largest absolute Gasteiger partial charge is 0.323 e. The first kappa shape index (κ1) is 11.1. The van der Waals surface area contributed by atoms with Gasteiger partial charge < -0.3 is 4.90 Å². The van der Waals surface area contributed by atoms with Gasteiger partial charge in [-0.2, -0.15) is 5.26 Å². The molecule has 1 atom stereocenters. The summed E-state index contributed by atoms with van der Waals surface area (Å²) in [5.74, 6) is -0.0906. The van der Waals surface area contributed by atoms with Crippen molar-refractivity contribution >= 4 is 21.8 Å². The molecule has 5 heteroatoms. The Kier molecular flexibility index (Phi) is 3.20. The van der Waals surface area contributed by atoms with Crippen molar-refractivity contribution in [2.75, 3.05) is 6.54 Å². The van der Waals surface area contributed by atoms with E-state index in [1.54, 1.807) is 23.2 Å². The summed E-state index contributed by atoms with van der Waals surface area (Å²) in [4.78, 5) is 17.7. The Hall–Kier alpha value is -1.41. The minimum Gasteiger partial charge on any atom is -0.323 e. The van der Waals surface area contributed by atoms with Crippen molar-refractivity contribution in [3.8, 4) is 6.07 Å². The molecule has 1 amide bonds. The molecule has 1 aliphatic rings. The molecule has 1 saturated heterocycles. The maximum Gasteiger partial charge on any atom is 0.255 e. The molecule has 2 rings (SSSR count). The lowest BCUT2D eigenvalue weighted by Crippen LogP contribution is -2.34. The second-order valence-electron chi connectivity index (χ2n) is 3.65. The Morgan fingerprint density at radius 3 is 3.19 bits per heavy atom. The molecular formula is C11H10BrN3O. The van der Waals surface area contributed by atoms with Crippen LogP contribution in [0.4, 0.5) is 0 Å². The van der Waals surface area contributed by atoms with E-state index in [4.69, 9.17) is 5.26 Å². The lowest BCUT2D eigenvalue weighted by molar-refractivity contribution is 0.0764. The molecule has 1 unspecified atom stereocenters. The molecule has 0 N–H and O–H groups in total. The normalized spacial score (nSPS) is 19.5. The average molecular weight is 280 g/mol. The van der Waals surface area contributed by atoms with Crippen LogP contribution >= 0.6 is 15.9 Å². The highest BCUT2D eigenvalue weighted by Gasteiger charge is 2.29. The number of amides is 1. The van der Waals surface area contributed by atoms with E-state index in [0.717, 1.165) is 12.8 Å². The van der Waals surface area contributed by atoms with Crippen LogP contribution in [0.3, 0.4) is 0 Å². The lowest BCUT2D eigenvalue weighted by atomic mass is 10.2. The van der Waals surface area contributed by atoms with Gasteiger partial charge in [0.05, 0.1) is 6.07 Å². The Morgan fingerprint density at radius 2 is 2.50 bits per heavy atom. The highest BCUT2D eigenvalue weighted by Crippen LogP contribution is 2.20. The molecule has 0 saturated carbocycles. The molecule has 4 nitrogen and oxygen atoms in total. The van der Waals surface area contributed by atoms with Crippen LogP contribution in [0.5, 0.6) is 0 Å². The molecule has 1 aliphatic heterocycles. The van der Waals surface area contributed by atoms with E-state index in [-0.39, 0.29) is 11.9 Å². The third kappa shape index (κ3) is 2.07. The van der Waals surface area contributed by atoms with Gasteiger partial charge in [0.15, 0.2) is 0 Å². The maximum absolute atomic E-state index is 12.1. The van der Waals surface area contributed by atoms with Crippen molar-refractivity contribution in [2.24, 2.45) is 0 Å². The Balaban J connectivity index is 2.23. The van der Waals surface area contributed by atoms with Crippen LogP contribution in [0, 0.1) is 11.3 Å². The highest BCUT2D eigenvalue weighted by molar-refractivity contribution is 9.10. The van der Waals surface area contributed by atoms with E-state index >= 15 is 0 Å². The fourth-order valence-corrected chi connectivity index (χ4v) is 2.21. The van der Waals surface area contributed by atoms with Gasteiger partial charge in [-0.25, -0.2) is 4.98 Å². The van der Waals surface area contributed by atoms with Gasteiger partial charge in [-0.15, -0.1) is 0 Å². The summed E-state index contributed by atoms with van der Waals surface area (Å²) in [5, 5.41) is 8.92. The second kappa shape index (κ2) is 4.62. The van der Waals surface area contributed by atoms with Gasteiger partial charge in [-0.05, 0) is 40.9 Å². The van der Waals surface area contributed by atoms with Gasteiger partial charge in [0.1, 0.15) is 10.6 Å². The first-order valence-corrected chi connectivity index (χ1v) is 5.84. The highest BCUT2D eigenvalue weighted by atomic mass is 79.9. The number of pyridine rings is 1. The van der Waals surface area contributed by atoms with Crippen LogP contribution in [-0.2, 0) is 0 Å². The molecule has 1 aromatic rings. The third-order valence-corrected chi connectivity index (χ3v) is 3.07. The quantitative estimate of drug-likeness (QED) is 0.739. The number of carbonyl (C=O) groups excluding carboxylic acids is 1. The zero-order chi connectivity index (χ0) is 11.5. The fourth-order valence-electron chi connectivity index (χ4n) is 1.85. The smallest absolute Gasteiger partial charge is 0.255 e. The van der Waals surface area contributed by atoms with Crippen LogP contribution in [0.1, 0.15) is 23.2 Å². The predicted molar refractivity (Wildman–Crippen MR) is 61.6 cm³/mol. The first-order valence-electron chi connectivity index (χ1n) is 5.04. The van der Waals surface area contributed by atoms with Gasteiger partial charge in [-0.1, -0.05) is 0 Å². The summed E-state index contributed by atoms with van der Waals surface area (Å²) in [6.45, 7) is 0.664. The fraction of sp³-hybridized carbons (Fsp3) is 0.364. The predicted octanol–water partition coefficient (Wildman–Crippen LogP) is 1.97. The minimum absolute atomic E-state index is 0.0906. The molecule has 16 heavy (non-hydrogen) atoms.